The quantitative estimate of drug-likeness (QED) is 0.358. The van der Waals surface area contributed by atoms with Crippen molar-refractivity contribution < 1.29 is 0 Å². The van der Waals surface area contributed by atoms with Crippen molar-refractivity contribution in [1.29, 1.82) is 0 Å². The Kier molecular flexibility index (Phi) is 4.73. The number of nitrogens with zero attached hydrogens (tertiary/aromatic N) is 4. The zero-order chi connectivity index (χ0) is 19.0. The molecule has 2 aromatic heterocycles. The summed E-state index contributed by atoms with van der Waals surface area (Å²) in [7, 11) is 0. The molecule has 0 saturated heterocycles. The third-order valence-corrected chi connectivity index (χ3v) is 5.56. The zero-order valence-corrected chi connectivity index (χ0v) is 16.6. The summed E-state index contributed by atoms with van der Waals surface area (Å²) in [5, 5.41) is 4.95. The molecule has 0 atom stereocenters. The Morgan fingerprint density at radius 2 is 1.85 bits per heavy atom. The van der Waals surface area contributed by atoms with Crippen LogP contribution in [0.25, 0.3) is 16.0 Å². The summed E-state index contributed by atoms with van der Waals surface area (Å²) < 4.78 is 4.15. The van der Waals surface area contributed by atoms with E-state index in [9.17, 15) is 4.79 Å². The van der Waals surface area contributed by atoms with Crippen molar-refractivity contribution in [3.63, 3.8) is 0 Å². The van der Waals surface area contributed by atoms with Gasteiger partial charge < -0.3 is 0 Å². The summed E-state index contributed by atoms with van der Waals surface area (Å²) >= 11 is 12.6. The molecule has 0 amide bonds. The van der Waals surface area contributed by atoms with Gasteiger partial charge in [0.1, 0.15) is 10.5 Å². The topological polar surface area (TPSA) is 52.2 Å². The van der Waals surface area contributed by atoms with Crippen LogP contribution in [0.5, 0.6) is 0 Å². The lowest BCUT2D eigenvalue weighted by molar-refractivity contribution is 0.768. The minimum atomic E-state index is -0.242. The van der Waals surface area contributed by atoms with Crippen LogP contribution in [0.3, 0.4) is 0 Å². The molecule has 0 aliphatic rings. The molecule has 0 fully saturated rings. The van der Waals surface area contributed by atoms with Gasteiger partial charge in [-0.05, 0) is 49.0 Å². The standard InChI is InChI=1S/C19H13ClN4OS2/c1-12-22-17-16(27-19(26)23(17)15-5-3-2-4-6-15)18(25)24(12)21-11-13-7-9-14(20)10-8-13/h2-11H,1H3/b21-11+. The summed E-state index contributed by atoms with van der Waals surface area (Å²) in [6.45, 7) is 1.75. The van der Waals surface area contributed by atoms with Gasteiger partial charge in [0.25, 0.3) is 5.56 Å². The first-order chi connectivity index (χ1) is 13.0. The number of aromatic nitrogens is 3. The van der Waals surface area contributed by atoms with Gasteiger partial charge in [0.2, 0.25) is 0 Å². The lowest BCUT2D eigenvalue weighted by Crippen LogP contribution is -2.20. The van der Waals surface area contributed by atoms with Crippen molar-refractivity contribution in [2.75, 3.05) is 0 Å². The highest BCUT2D eigenvalue weighted by Gasteiger charge is 2.15. The maximum Gasteiger partial charge on any atom is 0.293 e. The van der Waals surface area contributed by atoms with Crippen LogP contribution in [-0.2, 0) is 0 Å². The van der Waals surface area contributed by atoms with Crippen molar-refractivity contribution >= 4 is 51.7 Å². The lowest BCUT2D eigenvalue weighted by Gasteiger charge is -2.06. The van der Waals surface area contributed by atoms with Crippen molar-refractivity contribution in [3.05, 3.63) is 85.3 Å². The van der Waals surface area contributed by atoms with E-state index < -0.39 is 0 Å². The van der Waals surface area contributed by atoms with Crippen LogP contribution in [0.4, 0.5) is 0 Å². The van der Waals surface area contributed by atoms with E-state index in [1.54, 1.807) is 25.3 Å². The summed E-state index contributed by atoms with van der Waals surface area (Å²) in [5.41, 5.74) is 2.02. The van der Waals surface area contributed by atoms with E-state index in [1.165, 1.54) is 16.0 Å². The molecule has 0 radical (unpaired) electrons. The zero-order valence-electron chi connectivity index (χ0n) is 14.2. The molecule has 0 N–H and O–H groups in total. The molecule has 0 spiro atoms. The largest absolute Gasteiger partial charge is 0.293 e. The first kappa shape index (κ1) is 17.8. The third kappa shape index (κ3) is 3.37. The molecule has 2 heterocycles. The molecule has 4 aromatic rings. The molecule has 27 heavy (non-hydrogen) atoms. The molecule has 5 nitrogen and oxygen atoms in total. The highest BCUT2D eigenvalue weighted by atomic mass is 35.5. The molecule has 8 heteroatoms. The van der Waals surface area contributed by atoms with E-state index in [-0.39, 0.29) is 5.56 Å². The second-order valence-electron chi connectivity index (χ2n) is 5.76. The summed E-state index contributed by atoms with van der Waals surface area (Å²) in [6, 6.07) is 16.8. The summed E-state index contributed by atoms with van der Waals surface area (Å²) in [6.07, 6.45) is 1.60. The third-order valence-electron chi connectivity index (χ3n) is 3.95. The number of benzene rings is 2. The van der Waals surface area contributed by atoms with Crippen LogP contribution in [0.2, 0.25) is 5.02 Å². The predicted octanol–water partition coefficient (Wildman–Crippen LogP) is 4.82. The number of fused-ring (bicyclic) bond motifs is 1. The van der Waals surface area contributed by atoms with E-state index in [4.69, 9.17) is 23.8 Å². The molecule has 2 aromatic carbocycles. The molecule has 0 aliphatic carbocycles. The Labute approximate surface area is 168 Å². The van der Waals surface area contributed by atoms with E-state index in [2.05, 4.69) is 10.1 Å². The van der Waals surface area contributed by atoms with Crippen molar-refractivity contribution in [2.45, 2.75) is 6.92 Å². The fraction of sp³-hybridized carbons (Fsp3) is 0.0526. The number of para-hydroxylation sites is 1. The van der Waals surface area contributed by atoms with Gasteiger partial charge in [-0.15, -0.1) is 0 Å². The molecule has 4 rings (SSSR count). The van der Waals surface area contributed by atoms with Gasteiger partial charge in [0.05, 0.1) is 6.21 Å². The smallest absolute Gasteiger partial charge is 0.275 e. The number of hydrogen-bond donors (Lipinski definition) is 0. The molecule has 0 saturated carbocycles. The molecule has 0 unspecified atom stereocenters. The molecule has 134 valence electrons. The average Bonchev–Trinajstić information content (AvgIpc) is 3.00. The molecular weight excluding hydrogens is 400 g/mol. The SMILES string of the molecule is Cc1nc2c(sc(=S)n2-c2ccccc2)c(=O)n1/N=C/c1ccc(Cl)cc1. The van der Waals surface area contributed by atoms with Gasteiger partial charge in [0, 0.05) is 10.7 Å². The Morgan fingerprint density at radius 1 is 1.15 bits per heavy atom. The second kappa shape index (κ2) is 7.19. The van der Waals surface area contributed by atoms with Gasteiger partial charge in [-0.25, -0.2) is 4.98 Å². The van der Waals surface area contributed by atoms with Crippen LogP contribution in [0.1, 0.15) is 11.4 Å². The summed E-state index contributed by atoms with van der Waals surface area (Å²) in [5.74, 6) is 0.482. The maximum atomic E-state index is 13.0. The average molecular weight is 413 g/mol. The lowest BCUT2D eigenvalue weighted by atomic mass is 10.2. The maximum absolute atomic E-state index is 13.0. The normalized spacial score (nSPS) is 11.5. The fourth-order valence-corrected chi connectivity index (χ4v) is 4.09. The van der Waals surface area contributed by atoms with Crippen LogP contribution < -0.4 is 5.56 Å². The number of thiazole rings is 1. The van der Waals surface area contributed by atoms with Crippen molar-refractivity contribution in [2.24, 2.45) is 5.10 Å². The monoisotopic (exact) mass is 412 g/mol. The van der Waals surface area contributed by atoms with Crippen LogP contribution in [0.15, 0.2) is 64.5 Å². The van der Waals surface area contributed by atoms with Crippen LogP contribution in [0, 0.1) is 10.9 Å². The van der Waals surface area contributed by atoms with E-state index in [0.717, 1.165) is 11.3 Å². The Bertz CT molecular complexity index is 1270. The molecule has 0 bridgehead atoms. The minimum Gasteiger partial charge on any atom is -0.275 e. The fourth-order valence-electron chi connectivity index (χ4n) is 2.66. The van der Waals surface area contributed by atoms with Crippen molar-refractivity contribution in [3.8, 4) is 5.69 Å². The number of halogens is 1. The first-order valence-corrected chi connectivity index (χ1v) is 9.65. The van der Waals surface area contributed by atoms with Gasteiger partial charge in [-0.1, -0.05) is 53.3 Å². The number of aryl methyl sites for hydroxylation is 1. The Morgan fingerprint density at radius 3 is 2.56 bits per heavy atom. The highest BCUT2D eigenvalue weighted by molar-refractivity contribution is 7.73. The number of hydrogen-bond acceptors (Lipinski definition) is 5. The molecule has 0 aliphatic heterocycles. The Hall–Kier alpha value is -2.61. The van der Waals surface area contributed by atoms with Crippen LogP contribution in [-0.4, -0.2) is 20.4 Å². The highest BCUT2D eigenvalue weighted by Crippen LogP contribution is 2.23. The van der Waals surface area contributed by atoms with Crippen LogP contribution >= 0.6 is 35.2 Å². The van der Waals surface area contributed by atoms with E-state index in [1.807, 2.05) is 47.0 Å². The summed E-state index contributed by atoms with van der Waals surface area (Å²) in [4.78, 5) is 17.6. The van der Waals surface area contributed by atoms with Gasteiger partial charge in [-0.3, -0.25) is 9.36 Å². The second-order valence-corrected chi connectivity index (χ2v) is 7.84. The predicted molar refractivity (Wildman–Crippen MR) is 113 cm³/mol. The Balaban J connectivity index is 1.86. The number of rotatable bonds is 3. The molecular formula is C19H13ClN4OS2. The van der Waals surface area contributed by atoms with Gasteiger partial charge in [-0.2, -0.15) is 9.78 Å². The minimum absolute atomic E-state index is 0.242. The van der Waals surface area contributed by atoms with Gasteiger partial charge >= 0.3 is 0 Å². The van der Waals surface area contributed by atoms with Gasteiger partial charge in [0.15, 0.2) is 9.60 Å². The van der Waals surface area contributed by atoms with Crippen molar-refractivity contribution in [1.82, 2.24) is 14.2 Å². The van der Waals surface area contributed by atoms with E-state index in [0.29, 0.717) is 25.1 Å². The van der Waals surface area contributed by atoms with E-state index >= 15 is 0 Å². The first-order valence-electron chi connectivity index (χ1n) is 8.05.